The number of carbonyl (C=O) groups excluding carboxylic acids is 2. The second-order valence-corrected chi connectivity index (χ2v) is 14.2. The molecule has 0 aliphatic carbocycles. The minimum Gasteiger partial charge on any atom is -0.462 e. The summed E-state index contributed by atoms with van der Waals surface area (Å²) in [5, 5.41) is 0. The maximum Gasteiger partial charge on any atom is 0.472 e. The molecular weight excluding hydrogens is 665 g/mol. The molecule has 0 saturated carbocycles. The molecule has 9 nitrogen and oxygen atoms in total. The van der Waals surface area contributed by atoms with Crippen LogP contribution in [0, 0.1) is 0 Å². The predicted octanol–water partition coefficient (Wildman–Crippen LogP) is 10.9. The van der Waals surface area contributed by atoms with E-state index < -0.39 is 32.5 Å². The van der Waals surface area contributed by atoms with Gasteiger partial charge in [0, 0.05) is 19.4 Å². The number of carbonyl (C=O) groups is 2. The molecule has 0 aliphatic rings. The molecule has 10 heteroatoms. The summed E-state index contributed by atoms with van der Waals surface area (Å²) in [5.74, 6) is -0.871. The van der Waals surface area contributed by atoms with Gasteiger partial charge in [0.25, 0.3) is 0 Å². The molecule has 0 spiro atoms. The van der Waals surface area contributed by atoms with E-state index in [-0.39, 0.29) is 32.6 Å². The number of hydrogen-bond donors (Lipinski definition) is 2. The first-order chi connectivity index (χ1) is 24.8. The fourth-order valence-electron chi connectivity index (χ4n) is 5.01. The summed E-state index contributed by atoms with van der Waals surface area (Å²) < 4.78 is 32.6. The molecular formula is C41H72NO8P. The fourth-order valence-corrected chi connectivity index (χ4v) is 5.78. The average molecular weight is 738 g/mol. The Kier molecular flexibility index (Phi) is 35.8. The van der Waals surface area contributed by atoms with Crippen LogP contribution < -0.4 is 5.73 Å². The van der Waals surface area contributed by atoms with Gasteiger partial charge in [0.15, 0.2) is 6.10 Å². The van der Waals surface area contributed by atoms with Crippen molar-refractivity contribution < 1.29 is 37.6 Å². The topological polar surface area (TPSA) is 134 Å². The third-order valence-corrected chi connectivity index (χ3v) is 8.90. The Labute approximate surface area is 310 Å². The summed E-state index contributed by atoms with van der Waals surface area (Å²) in [5.41, 5.74) is 5.33. The summed E-state index contributed by atoms with van der Waals surface area (Å²) in [6.07, 6.45) is 42.5. The van der Waals surface area contributed by atoms with Crippen molar-refractivity contribution in [3.05, 3.63) is 60.8 Å². The minimum absolute atomic E-state index is 0.0457. The first-order valence-corrected chi connectivity index (χ1v) is 21.3. The van der Waals surface area contributed by atoms with E-state index in [2.05, 4.69) is 74.6 Å². The van der Waals surface area contributed by atoms with Crippen molar-refractivity contribution in [2.45, 2.75) is 161 Å². The third-order valence-electron chi connectivity index (χ3n) is 7.92. The second kappa shape index (κ2) is 37.5. The Morgan fingerprint density at radius 3 is 1.61 bits per heavy atom. The monoisotopic (exact) mass is 737 g/mol. The van der Waals surface area contributed by atoms with Crippen molar-refractivity contribution in [1.82, 2.24) is 0 Å². The van der Waals surface area contributed by atoms with Crippen LogP contribution >= 0.6 is 7.82 Å². The van der Waals surface area contributed by atoms with Crippen LogP contribution in [0.25, 0.3) is 0 Å². The van der Waals surface area contributed by atoms with E-state index in [0.29, 0.717) is 6.42 Å². The van der Waals surface area contributed by atoms with E-state index >= 15 is 0 Å². The van der Waals surface area contributed by atoms with Crippen LogP contribution in [-0.2, 0) is 32.7 Å². The van der Waals surface area contributed by atoms with Gasteiger partial charge in [-0.05, 0) is 57.8 Å². The maximum atomic E-state index is 12.5. The molecule has 0 radical (unpaired) electrons. The number of nitrogens with two attached hydrogens (primary N) is 1. The molecule has 51 heavy (non-hydrogen) atoms. The maximum absolute atomic E-state index is 12.5. The van der Waals surface area contributed by atoms with Gasteiger partial charge in [-0.1, -0.05) is 145 Å². The Morgan fingerprint density at radius 1 is 0.608 bits per heavy atom. The van der Waals surface area contributed by atoms with Crippen LogP contribution in [0.5, 0.6) is 0 Å². The predicted molar refractivity (Wildman–Crippen MR) is 210 cm³/mol. The largest absolute Gasteiger partial charge is 0.472 e. The van der Waals surface area contributed by atoms with Crippen LogP contribution in [0.15, 0.2) is 60.8 Å². The Bertz CT molecular complexity index is 1020. The second-order valence-electron chi connectivity index (χ2n) is 12.8. The van der Waals surface area contributed by atoms with E-state index in [1.54, 1.807) is 0 Å². The highest BCUT2D eigenvalue weighted by molar-refractivity contribution is 7.47. The molecule has 0 fully saturated rings. The van der Waals surface area contributed by atoms with Gasteiger partial charge < -0.3 is 20.1 Å². The first kappa shape index (κ1) is 48.7. The standard InChI is InChI=1S/C41H72NO8P/c1-3-5-7-9-11-13-15-16-17-18-19-20-21-22-24-26-28-30-32-34-41(44)50-39(38-49-51(45,46)48-36-35-42)37-47-40(43)33-31-29-27-25-23-14-12-10-8-6-4-2/h5,7,11,13,16-17,19-20,22,24,39H,3-4,6,8-10,12,14-15,18,21,23,25-38,42H2,1-2H3,(H,45,46)/b7-5-,13-11-,17-16-,20-19-,24-22-. The molecule has 0 bridgehead atoms. The lowest BCUT2D eigenvalue weighted by Gasteiger charge is -2.19. The van der Waals surface area contributed by atoms with Gasteiger partial charge in [0.2, 0.25) is 0 Å². The molecule has 0 aromatic heterocycles. The number of rotatable bonds is 36. The quantitative estimate of drug-likeness (QED) is 0.0279. The van der Waals surface area contributed by atoms with Crippen molar-refractivity contribution in [2.75, 3.05) is 26.4 Å². The van der Waals surface area contributed by atoms with Gasteiger partial charge in [0.05, 0.1) is 13.2 Å². The molecule has 3 N–H and O–H groups in total. The SMILES string of the molecule is CC/C=C\C/C=C\C/C=C\C/C=C\C/C=C\CCCCCC(=O)OC(COC(=O)CCCCCCCCCCCCC)COP(=O)(O)OCCN. The molecule has 0 heterocycles. The smallest absolute Gasteiger partial charge is 0.462 e. The zero-order valence-corrected chi connectivity index (χ0v) is 33.0. The lowest BCUT2D eigenvalue weighted by molar-refractivity contribution is -0.161. The Hall–Kier alpha value is -2.29. The summed E-state index contributed by atoms with van der Waals surface area (Å²) in [7, 11) is -4.38. The van der Waals surface area contributed by atoms with Gasteiger partial charge in [0.1, 0.15) is 6.61 Å². The summed E-state index contributed by atoms with van der Waals surface area (Å²) >= 11 is 0. The molecule has 0 saturated heterocycles. The molecule has 0 aliphatic heterocycles. The van der Waals surface area contributed by atoms with Crippen LogP contribution in [0.1, 0.15) is 155 Å². The number of allylic oxidation sites excluding steroid dienone is 10. The van der Waals surface area contributed by atoms with Crippen LogP contribution in [0.2, 0.25) is 0 Å². The highest BCUT2D eigenvalue weighted by Gasteiger charge is 2.25. The van der Waals surface area contributed by atoms with Gasteiger partial charge in [-0.15, -0.1) is 0 Å². The van der Waals surface area contributed by atoms with E-state index in [1.807, 2.05) is 0 Å². The summed E-state index contributed by atoms with van der Waals surface area (Å²) in [6.45, 7) is 3.55. The lowest BCUT2D eigenvalue weighted by Crippen LogP contribution is -2.29. The number of hydrogen-bond acceptors (Lipinski definition) is 8. The average Bonchev–Trinajstić information content (AvgIpc) is 3.11. The van der Waals surface area contributed by atoms with Crippen LogP contribution in [-0.4, -0.2) is 49.3 Å². The van der Waals surface area contributed by atoms with Crippen LogP contribution in [0.3, 0.4) is 0 Å². The number of unbranched alkanes of at least 4 members (excludes halogenated alkanes) is 13. The van der Waals surface area contributed by atoms with Crippen molar-refractivity contribution in [3.8, 4) is 0 Å². The third kappa shape index (κ3) is 37.3. The number of phosphoric ester groups is 1. The van der Waals surface area contributed by atoms with Gasteiger partial charge in [-0.25, -0.2) is 4.57 Å². The summed E-state index contributed by atoms with van der Waals surface area (Å²) in [6, 6.07) is 0. The Morgan fingerprint density at radius 2 is 1.08 bits per heavy atom. The molecule has 2 atom stereocenters. The van der Waals surface area contributed by atoms with Gasteiger partial charge in [-0.2, -0.15) is 0 Å². The molecule has 0 amide bonds. The first-order valence-electron chi connectivity index (χ1n) is 19.8. The van der Waals surface area contributed by atoms with E-state index in [1.165, 1.54) is 51.4 Å². The van der Waals surface area contributed by atoms with E-state index in [4.69, 9.17) is 24.3 Å². The van der Waals surface area contributed by atoms with Gasteiger partial charge >= 0.3 is 19.8 Å². The van der Waals surface area contributed by atoms with Crippen molar-refractivity contribution in [2.24, 2.45) is 5.73 Å². The molecule has 0 aromatic rings. The van der Waals surface area contributed by atoms with Crippen LogP contribution in [0.4, 0.5) is 0 Å². The van der Waals surface area contributed by atoms with E-state index in [9.17, 15) is 19.0 Å². The molecule has 0 aromatic carbocycles. The Balaban J connectivity index is 4.28. The van der Waals surface area contributed by atoms with Crippen molar-refractivity contribution in [3.63, 3.8) is 0 Å². The van der Waals surface area contributed by atoms with Gasteiger partial charge in [-0.3, -0.25) is 18.6 Å². The molecule has 0 rings (SSSR count). The van der Waals surface area contributed by atoms with E-state index in [0.717, 1.165) is 70.6 Å². The normalized spacial score (nSPS) is 14.0. The highest BCUT2D eigenvalue weighted by atomic mass is 31.2. The minimum atomic E-state index is -4.38. The highest BCUT2D eigenvalue weighted by Crippen LogP contribution is 2.43. The number of ether oxygens (including phenoxy) is 2. The zero-order chi connectivity index (χ0) is 37.5. The zero-order valence-electron chi connectivity index (χ0n) is 32.1. The summed E-state index contributed by atoms with van der Waals surface area (Å²) in [4.78, 5) is 34.7. The molecule has 2 unspecified atom stereocenters. The molecule has 294 valence electrons. The number of phosphoric acid groups is 1. The van der Waals surface area contributed by atoms with Crippen molar-refractivity contribution >= 4 is 19.8 Å². The number of esters is 2. The fraction of sp³-hybridized carbons (Fsp3) is 0.707. The lowest BCUT2D eigenvalue weighted by atomic mass is 10.1. The van der Waals surface area contributed by atoms with Crippen molar-refractivity contribution in [1.29, 1.82) is 0 Å².